The SMILES string of the molecule is COc1ccc(Cl)cc1/C=C1/N=C(c2ccc(F)cc2)OC1=O. The zero-order valence-electron chi connectivity index (χ0n) is 12.0. The molecule has 0 unspecified atom stereocenters. The van der Waals surface area contributed by atoms with Crippen LogP contribution in [0.1, 0.15) is 11.1 Å². The summed E-state index contributed by atoms with van der Waals surface area (Å²) in [5, 5.41) is 0.506. The van der Waals surface area contributed by atoms with Gasteiger partial charge in [-0.2, -0.15) is 0 Å². The van der Waals surface area contributed by atoms with Crippen LogP contribution in [0.15, 0.2) is 53.2 Å². The molecule has 116 valence electrons. The zero-order valence-corrected chi connectivity index (χ0v) is 12.8. The van der Waals surface area contributed by atoms with E-state index in [0.717, 1.165) is 0 Å². The molecule has 1 aliphatic heterocycles. The number of aliphatic imine (C=N–C) groups is 1. The number of esters is 1. The fraction of sp³-hybridized carbons (Fsp3) is 0.0588. The Hall–Kier alpha value is -2.66. The van der Waals surface area contributed by atoms with E-state index in [2.05, 4.69) is 4.99 Å². The Morgan fingerprint density at radius 1 is 1.22 bits per heavy atom. The molecule has 0 aromatic heterocycles. The van der Waals surface area contributed by atoms with E-state index < -0.39 is 5.97 Å². The van der Waals surface area contributed by atoms with Gasteiger partial charge in [0.15, 0.2) is 5.70 Å². The molecule has 23 heavy (non-hydrogen) atoms. The molecule has 0 saturated carbocycles. The molecule has 4 nitrogen and oxygen atoms in total. The van der Waals surface area contributed by atoms with Crippen molar-refractivity contribution >= 4 is 29.5 Å². The standard InChI is InChI=1S/C17H11ClFNO3/c1-22-15-7-4-12(18)8-11(15)9-14-17(21)23-16(20-14)10-2-5-13(19)6-3-10/h2-9H,1H3/b14-9+. The fourth-order valence-electron chi connectivity index (χ4n) is 2.09. The summed E-state index contributed by atoms with van der Waals surface area (Å²) in [6, 6.07) is 10.6. The van der Waals surface area contributed by atoms with E-state index in [1.807, 2.05) is 0 Å². The maximum atomic E-state index is 13.0. The van der Waals surface area contributed by atoms with Crippen LogP contribution in [0.2, 0.25) is 5.02 Å². The van der Waals surface area contributed by atoms with Gasteiger partial charge in [0.2, 0.25) is 5.90 Å². The van der Waals surface area contributed by atoms with Gasteiger partial charge in [0.1, 0.15) is 11.6 Å². The number of cyclic esters (lactones) is 1. The first-order valence-corrected chi connectivity index (χ1v) is 7.06. The van der Waals surface area contributed by atoms with Gasteiger partial charge in [0.25, 0.3) is 0 Å². The summed E-state index contributed by atoms with van der Waals surface area (Å²) in [5.74, 6) is -0.285. The van der Waals surface area contributed by atoms with Crippen LogP contribution in [0.5, 0.6) is 5.75 Å². The molecule has 1 aliphatic rings. The van der Waals surface area contributed by atoms with Crippen molar-refractivity contribution in [3.63, 3.8) is 0 Å². The third kappa shape index (κ3) is 3.24. The van der Waals surface area contributed by atoms with Crippen LogP contribution in [0.3, 0.4) is 0 Å². The van der Waals surface area contributed by atoms with Gasteiger partial charge in [0, 0.05) is 16.1 Å². The molecule has 6 heteroatoms. The van der Waals surface area contributed by atoms with Gasteiger partial charge in [-0.3, -0.25) is 0 Å². The van der Waals surface area contributed by atoms with Crippen molar-refractivity contribution in [1.82, 2.24) is 0 Å². The molecule has 0 saturated heterocycles. The molecule has 3 rings (SSSR count). The van der Waals surface area contributed by atoms with Crippen LogP contribution in [-0.2, 0) is 9.53 Å². The normalized spacial score (nSPS) is 15.5. The average molecular weight is 332 g/mol. The number of carbonyl (C=O) groups is 1. The van der Waals surface area contributed by atoms with Crippen LogP contribution in [0.25, 0.3) is 6.08 Å². The molecule has 2 aromatic carbocycles. The molecule has 0 radical (unpaired) electrons. The minimum absolute atomic E-state index is 0.116. The van der Waals surface area contributed by atoms with Crippen molar-refractivity contribution < 1.29 is 18.7 Å². The summed E-state index contributed by atoms with van der Waals surface area (Å²) in [6.07, 6.45) is 1.53. The largest absolute Gasteiger partial charge is 0.496 e. The number of ether oxygens (including phenoxy) is 2. The Bertz CT molecular complexity index is 828. The second-order valence-electron chi connectivity index (χ2n) is 4.73. The number of halogens is 2. The van der Waals surface area contributed by atoms with Gasteiger partial charge in [-0.25, -0.2) is 14.2 Å². The van der Waals surface area contributed by atoms with Crippen molar-refractivity contribution in [3.05, 3.63) is 70.1 Å². The Morgan fingerprint density at radius 2 is 1.96 bits per heavy atom. The van der Waals surface area contributed by atoms with E-state index in [1.165, 1.54) is 37.5 Å². The van der Waals surface area contributed by atoms with Gasteiger partial charge in [-0.05, 0) is 48.5 Å². The Morgan fingerprint density at radius 3 is 2.65 bits per heavy atom. The van der Waals surface area contributed by atoms with E-state index in [-0.39, 0.29) is 17.4 Å². The van der Waals surface area contributed by atoms with Crippen molar-refractivity contribution in [2.45, 2.75) is 0 Å². The number of hydrogen-bond acceptors (Lipinski definition) is 4. The van der Waals surface area contributed by atoms with Crippen molar-refractivity contribution in [2.75, 3.05) is 7.11 Å². The number of benzene rings is 2. The maximum absolute atomic E-state index is 13.0. The van der Waals surface area contributed by atoms with Crippen molar-refractivity contribution in [1.29, 1.82) is 0 Å². The highest BCUT2D eigenvalue weighted by Crippen LogP contribution is 2.27. The van der Waals surface area contributed by atoms with Crippen LogP contribution in [0.4, 0.5) is 4.39 Å². The molecule has 0 spiro atoms. The third-order valence-electron chi connectivity index (χ3n) is 3.20. The molecule has 2 aromatic rings. The first kappa shape index (κ1) is 15.2. The van der Waals surface area contributed by atoms with Gasteiger partial charge >= 0.3 is 5.97 Å². The quantitative estimate of drug-likeness (QED) is 0.634. The average Bonchev–Trinajstić information content (AvgIpc) is 2.89. The Labute approximate surface area is 136 Å². The van der Waals surface area contributed by atoms with E-state index in [9.17, 15) is 9.18 Å². The van der Waals surface area contributed by atoms with E-state index >= 15 is 0 Å². The molecule has 0 amide bonds. The molecular weight excluding hydrogens is 321 g/mol. The molecule has 0 bridgehead atoms. The summed E-state index contributed by atoms with van der Waals surface area (Å²) in [7, 11) is 1.52. The number of hydrogen-bond donors (Lipinski definition) is 0. The van der Waals surface area contributed by atoms with Gasteiger partial charge in [-0.1, -0.05) is 11.6 Å². The van der Waals surface area contributed by atoms with Crippen LogP contribution in [-0.4, -0.2) is 19.0 Å². The summed E-state index contributed by atoms with van der Waals surface area (Å²) in [6.45, 7) is 0. The van der Waals surface area contributed by atoms with Crippen LogP contribution < -0.4 is 4.74 Å². The molecule has 0 fully saturated rings. The van der Waals surface area contributed by atoms with Crippen molar-refractivity contribution in [3.8, 4) is 5.75 Å². The number of nitrogens with zero attached hydrogens (tertiary/aromatic N) is 1. The predicted octanol–water partition coefficient (Wildman–Crippen LogP) is 3.83. The van der Waals surface area contributed by atoms with Gasteiger partial charge < -0.3 is 9.47 Å². The van der Waals surface area contributed by atoms with Crippen LogP contribution in [0, 0.1) is 5.82 Å². The monoisotopic (exact) mass is 331 g/mol. The first-order valence-electron chi connectivity index (χ1n) is 6.69. The van der Waals surface area contributed by atoms with Crippen LogP contribution >= 0.6 is 11.6 Å². The summed E-state index contributed by atoms with van der Waals surface area (Å²) >= 11 is 5.96. The lowest BCUT2D eigenvalue weighted by Gasteiger charge is -2.04. The Balaban J connectivity index is 1.98. The number of carbonyl (C=O) groups excluding carboxylic acids is 1. The molecule has 0 atom stereocenters. The van der Waals surface area contributed by atoms with E-state index in [1.54, 1.807) is 18.2 Å². The van der Waals surface area contributed by atoms with Crippen molar-refractivity contribution in [2.24, 2.45) is 4.99 Å². The molecule has 1 heterocycles. The first-order chi connectivity index (χ1) is 11.1. The minimum atomic E-state index is -0.591. The molecule has 0 N–H and O–H groups in total. The third-order valence-corrected chi connectivity index (χ3v) is 3.43. The number of rotatable bonds is 3. The smallest absolute Gasteiger partial charge is 0.363 e. The fourth-order valence-corrected chi connectivity index (χ4v) is 2.27. The van der Waals surface area contributed by atoms with Gasteiger partial charge in [0.05, 0.1) is 7.11 Å². The molecular formula is C17H11ClFNO3. The second-order valence-corrected chi connectivity index (χ2v) is 5.17. The highest BCUT2D eigenvalue weighted by molar-refractivity contribution is 6.30. The molecule has 0 aliphatic carbocycles. The summed E-state index contributed by atoms with van der Waals surface area (Å²) in [4.78, 5) is 16.1. The minimum Gasteiger partial charge on any atom is -0.496 e. The lowest BCUT2D eigenvalue weighted by atomic mass is 10.1. The highest BCUT2D eigenvalue weighted by atomic mass is 35.5. The van der Waals surface area contributed by atoms with E-state index in [4.69, 9.17) is 21.1 Å². The predicted molar refractivity (Wildman–Crippen MR) is 85.0 cm³/mol. The topological polar surface area (TPSA) is 47.9 Å². The summed E-state index contributed by atoms with van der Waals surface area (Å²) < 4.78 is 23.3. The lowest BCUT2D eigenvalue weighted by molar-refractivity contribution is -0.129. The van der Waals surface area contributed by atoms with Gasteiger partial charge in [-0.15, -0.1) is 0 Å². The Kier molecular flexibility index (Phi) is 4.12. The number of methoxy groups -OCH3 is 1. The maximum Gasteiger partial charge on any atom is 0.363 e. The second kappa shape index (κ2) is 6.22. The summed E-state index contributed by atoms with van der Waals surface area (Å²) in [5.41, 5.74) is 1.24. The van der Waals surface area contributed by atoms with E-state index in [0.29, 0.717) is 21.9 Å². The lowest BCUT2D eigenvalue weighted by Crippen LogP contribution is -2.05. The highest BCUT2D eigenvalue weighted by Gasteiger charge is 2.24. The zero-order chi connectivity index (χ0) is 16.4.